The van der Waals surface area contributed by atoms with Gasteiger partial charge in [-0.15, -0.1) is 0 Å². The van der Waals surface area contributed by atoms with Crippen LogP contribution in [0.4, 0.5) is 5.69 Å². The Balaban J connectivity index is 2.91. The van der Waals surface area contributed by atoms with Gasteiger partial charge in [0.15, 0.2) is 0 Å². The van der Waals surface area contributed by atoms with Gasteiger partial charge in [0.2, 0.25) is 0 Å². The number of rotatable bonds is 5. The second kappa shape index (κ2) is 5.91. The molecule has 0 aliphatic carbocycles. The van der Waals surface area contributed by atoms with Gasteiger partial charge >= 0.3 is 0 Å². The summed E-state index contributed by atoms with van der Waals surface area (Å²) in [6.07, 6.45) is 1.98. The smallest absolute Gasteiger partial charge is 0.268 e. The predicted octanol–water partition coefficient (Wildman–Crippen LogP) is 1.00. The second-order valence-electron chi connectivity index (χ2n) is 3.36. The Morgan fingerprint density at radius 3 is 2.69 bits per heavy atom. The Morgan fingerprint density at radius 2 is 2.19 bits per heavy atom. The van der Waals surface area contributed by atoms with E-state index in [1.807, 2.05) is 19.9 Å². The molecule has 0 aliphatic heterocycles. The van der Waals surface area contributed by atoms with Crippen LogP contribution in [0.25, 0.3) is 0 Å². The van der Waals surface area contributed by atoms with Crippen molar-refractivity contribution in [2.45, 2.75) is 26.8 Å². The lowest BCUT2D eigenvalue weighted by molar-refractivity contribution is 0.587. The minimum atomic E-state index is -0.153. The zero-order valence-electron chi connectivity index (χ0n) is 9.68. The number of aromatic nitrogens is 2. The maximum Gasteiger partial charge on any atom is 0.268 e. The fourth-order valence-electron chi connectivity index (χ4n) is 1.51. The minimum absolute atomic E-state index is 0.153. The Hall–Kier alpha value is -1.83. The molecule has 0 saturated carbocycles. The van der Waals surface area contributed by atoms with Gasteiger partial charge in [-0.1, -0.05) is 0 Å². The summed E-state index contributed by atoms with van der Waals surface area (Å²) in [6.45, 7) is 6.11. The topological polar surface area (TPSA) is 61.9 Å². The molecule has 0 spiro atoms. The molecule has 1 aromatic rings. The largest absolute Gasteiger partial charge is 0.371 e. The lowest BCUT2D eigenvalue weighted by Gasteiger charge is -2.20. The number of nitrogens with zero attached hydrogens (tertiary/aromatic N) is 4. The van der Waals surface area contributed by atoms with Gasteiger partial charge in [-0.05, 0) is 13.8 Å². The van der Waals surface area contributed by atoms with Crippen LogP contribution in [-0.4, -0.2) is 22.9 Å². The lowest BCUT2D eigenvalue weighted by Crippen LogP contribution is -2.27. The molecule has 5 nitrogen and oxygen atoms in total. The van der Waals surface area contributed by atoms with E-state index >= 15 is 0 Å². The molecule has 0 amide bonds. The van der Waals surface area contributed by atoms with Crippen molar-refractivity contribution >= 4 is 5.69 Å². The van der Waals surface area contributed by atoms with E-state index in [0.717, 1.165) is 18.8 Å². The molecule has 0 atom stereocenters. The Morgan fingerprint density at radius 1 is 1.50 bits per heavy atom. The summed E-state index contributed by atoms with van der Waals surface area (Å²) in [5, 5.41) is 12.5. The highest BCUT2D eigenvalue weighted by molar-refractivity contribution is 5.42. The summed E-state index contributed by atoms with van der Waals surface area (Å²) in [5.41, 5.74) is 0.683. The Kier molecular flexibility index (Phi) is 4.52. The molecule has 5 heteroatoms. The number of nitriles is 1. The fourth-order valence-corrected chi connectivity index (χ4v) is 1.51. The van der Waals surface area contributed by atoms with Crippen molar-refractivity contribution in [2.75, 3.05) is 18.0 Å². The molecule has 0 fully saturated rings. The van der Waals surface area contributed by atoms with Gasteiger partial charge in [-0.25, -0.2) is 4.68 Å². The summed E-state index contributed by atoms with van der Waals surface area (Å²) < 4.78 is 1.32. The monoisotopic (exact) mass is 220 g/mol. The van der Waals surface area contributed by atoms with Crippen molar-refractivity contribution in [1.82, 2.24) is 9.78 Å². The molecule has 86 valence electrons. The quantitative estimate of drug-likeness (QED) is 0.742. The third-order valence-electron chi connectivity index (χ3n) is 2.42. The number of anilines is 1. The van der Waals surface area contributed by atoms with Crippen LogP contribution >= 0.6 is 0 Å². The second-order valence-corrected chi connectivity index (χ2v) is 3.36. The van der Waals surface area contributed by atoms with Gasteiger partial charge < -0.3 is 4.90 Å². The van der Waals surface area contributed by atoms with Crippen LogP contribution < -0.4 is 10.5 Å². The maximum atomic E-state index is 11.6. The van der Waals surface area contributed by atoms with Crippen molar-refractivity contribution in [3.8, 4) is 6.07 Å². The fraction of sp³-hybridized carbons (Fsp3) is 0.545. The van der Waals surface area contributed by atoms with E-state index < -0.39 is 0 Å². The van der Waals surface area contributed by atoms with E-state index in [4.69, 9.17) is 5.26 Å². The number of hydrogen-bond acceptors (Lipinski definition) is 4. The number of aryl methyl sites for hydroxylation is 1. The van der Waals surface area contributed by atoms with Crippen LogP contribution in [0, 0.1) is 11.3 Å². The van der Waals surface area contributed by atoms with Gasteiger partial charge in [0.1, 0.15) is 0 Å². The van der Waals surface area contributed by atoms with E-state index in [0.29, 0.717) is 13.0 Å². The van der Waals surface area contributed by atoms with Gasteiger partial charge in [0.05, 0.1) is 30.9 Å². The Labute approximate surface area is 94.9 Å². The zero-order chi connectivity index (χ0) is 12.0. The van der Waals surface area contributed by atoms with Crippen molar-refractivity contribution in [3.05, 3.63) is 22.6 Å². The average molecular weight is 220 g/mol. The van der Waals surface area contributed by atoms with Crippen LogP contribution in [-0.2, 0) is 6.54 Å². The molecule has 0 N–H and O–H groups in total. The maximum absolute atomic E-state index is 11.6. The first-order chi connectivity index (χ1) is 7.72. The molecule has 1 heterocycles. The molecule has 1 aromatic heterocycles. The van der Waals surface area contributed by atoms with Gasteiger partial charge in [0, 0.05) is 19.2 Å². The van der Waals surface area contributed by atoms with Crippen molar-refractivity contribution in [1.29, 1.82) is 5.26 Å². The molecular formula is C11H16N4O. The van der Waals surface area contributed by atoms with E-state index in [1.54, 1.807) is 12.3 Å². The summed E-state index contributed by atoms with van der Waals surface area (Å²) in [5.74, 6) is 0. The zero-order valence-corrected chi connectivity index (χ0v) is 9.68. The molecular weight excluding hydrogens is 204 g/mol. The van der Waals surface area contributed by atoms with E-state index in [-0.39, 0.29) is 5.56 Å². The molecule has 1 rings (SSSR count). The third-order valence-corrected chi connectivity index (χ3v) is 2.42. The first kappa shape index (κ1) is 12.2. The van der Waals surface area contributed by atoms with Gasteiger partial charge in [-0.3, -0.25) is 4.79 Å². The van der Waals surface area contributed by atoms with Crippen LogP contribution in [0.1, 0.15) is 20.3 Å². The average Bonchev–Trinajstić information content (AvgIpc) is 2.29. The highest BCUT2D eigenvalue weighted by Gasteiger charge is 2.04. The van der Waals surface area contributed by atoms with Gasteiger partial charge in [-0.2, -0.15) is 10.4 Å². The first-order valence-electron chi connectivity index (χ1n) is 5.42. The molecule has 0 bridgehead atoms. The normalized spacial score (nSPS) is 9.81. The molecule has 0 aliphatic rings. The molecule has 0 unspecified atom stereocenters. The van der Waals surface area contributed by atoms with Crippen LogP contribution in [0.3, 0.4) is 0 Å². The van der Waals surface area contributed by atoms with Crippen molar-refractivity contribution in [2.24, 2.45) is 0 Å². The molecule has 0 radical (unpaired) electrons. The molecule has 16 heavy (non-hydrogen) atoms. The van der Waals surface area contributed by atoms with Crippen molar-refractivity contribution in [3.63, 3.8) is 0 Å². The standard InChI is InChI=1S/C11H16N4O/c1-3-14(4-2)10-8-11(16)15(13-9-10)7-5-6-12/h8-9H,3-5,7H2,1-2H3. The van der Waals surface area contributed by atoms with Crippen molar-refractivity contribution < 1.29 is 0 Å². The van der Waals surface area contributed by atoms with Crippen LogP contribution in [0.5, 0.6) is 0 Å². The summed E-state index contributed by atoms with van der Waals surface area (Å²) in [7, 11) is 0. The molecule has 0 saturated heterocycles. The summed E-state index contributed by atoms with van der Waals surface area (Å²) >= 11 is 0. The van der Waals surface area contributed by atoms with E-state index in [2.05, 4.69) is 10.00 Å². The first-order valence-corrected chi connectivity index (χ1v) is 5.42. The Bertz CT molecular complexity index is 428. The number of hydrogen-bond donors (Lipinski definition) is 0. The van der Waals surface area contributed by atoms with Crippen LogP contribution in [0.2, 0.25) is 0 Å². The SMILES string of the molecule is CCN(CC)c1cnn(CCC#N)c(=O)c1. The molecule has 0 aromatic carbocycles. The highest BCUT2D eigenvalue weighted by atomic mass is 16.1. The van der Waals surface area contributed by atoms with E-state index in [1.165, 1.54) is 4.68 Å². The predicted molar refractivity (Wildman–Crippen MR) is 62.3 cm³/mol. The highest BCUT2D eigenvalue weighted by Crippen LogP contribution is 2.08. The minimum Gasteiger partial charge on any atom is -0.371 e. The summed E-state index contributed by atoms with van der Waals surface area (Å²) in [6, 6.07) is 3.56. The van der Waals surface area contributed by atoms with E-state index in [9.17, 15) is 4.79 Å². The van der Waals surface area contributed by atoms with Crippen LogP contribution in [0.15, 0.2) is 17.1 Å². The summed E-state index contributed by atoms with van der Waals surface area (Å²) in [4.78, 5) is 13.7. The lowest BCUT2D eigenvalue weighted by atomic mass is 10.4. The van der Waals surface area contributed by atoms with Gasteiger partial charge in [0.25, 0.3) is 5.56 Å². The third kappa shape index (κ3) is 2.83.